The molecule has 0 aromatic carbocycles. The normalized spacial score (nSPS) is 9.72. The number of aromatic nitrogens is 1. The minimum atomic E-state index is -0.247. The molecule has 0 bridgehead atoms. The van der Waals surface area contributed by atoms with E-state index in [1.807, 2.05) is 23.6 Å². The van der Waals surface area contributed by atoms with Gasteiger partial charge in [-0.1, -0.05) is 6.07 Å². The maximum Gasteiger partial charge on any atom is 0.269 e. The molecular formula is C13H11N3OS. The van der Waals surface area contributed by atoms with Crippen LogP contribution in [0.15, 0.2) is 35.8 Å². The maximum absolute atomic E-state index is 11.8. The molecule has 0 aliphatic rings. The highest BCUT2D eigenvalue weighted by Gasteiger charge is 2.07. The van der Waals surface area contributed by atoms with E-state index in [4.69, 9.17) is 5.26 Å². The van der Waals surface area contributed by atoms with Crippen molar-refractivity contribution < 1.29 is 4.79 Å². The third-order valence-electron chi connectivity index (χ3n) is 2.36. The lowest BCUT2D eigenvalue weighted by molar-refractivity contribution is 0.0949. The van der Waals surface area contributed by atoms with Gasteiger partial charge >= 0.3 is 0 Å². The molecule has 90 valence electrons. The Bertz CT molecular complexity index is 572. The van der Waals surface area contributed by atoms with E-state index in [-0.39, 0.29) is 11.6 Å². The van der Waals surface area contributed by atoms with Gasteiger partial charge in [0.25, 0.3) is 5.91 Å². The fraction of sp³-hybridized carbons (Fsp3) is 0.154. The first-order valence-corrected chi connectivity index (χ1v) is 6.34. The summed E-state index contributed by atoms with van der Waals surface area (Å²) in [5, 5.41) is 13.5. The van der Waals surface area contributed by atoms with Gasteiger partial charge in [-0.05, 0) is 30.0 Å². The Kier molecular flexibility index (Phi) is 4.05. The molecular weight excluding hydrogens is 246 g/mol. The van der Waals surface area contributed by atoms with Crippen LogP contribution < -0.4 is 5.32 Å². The minimum Gasteiger partial charge on any atom is -0.350 e. The number of hydrogen-bond acceptors (Lipinski definition) is 4. The van der Waals surface area contributed by atoms with Crippen LogP contribution in [0.5, 0.6) is 0 Å². The highest BCUT2D eigenvalue weighted by atomic mass is 32.1. The Hall–Kier alpha value is -2.19. The second kappa shape index (κ2) is 5.94. The Labute approximate surface area is 109 Å². The lowest BCUT2D eigenvalue weighted by Gasteiger charge is -2.03. The van der Waals surface area contributed by atoms with Gasteiger partial charge in [0.1, 0.15) is 5.69 Å². The molecule has 4 nitrogen and oxygen atoms in total. The second-order valence-electron chi connectivity index (χ2n) is 3.63. The van der Waals surface area contributed by atoms with Crippen molar-refractivity contribution in [1.29, 1.82) is 5.26 Å². The van der Waals surface area contributed by atoms with Crippen LogP contribution in [0, 0.1) is 11.3 Å². The van der Waals surface area contributed by atoms with Crippen molar-refractivity contribution in [3.8, 4) is 6.07 Å². The standard InChI is InChI=1S/C13H11N3OS/c14-9-10-3-5-15-12(8-10)13(17)16-6-4-11-2-1-7-18-11/h1-3,5,7-8H,4,6H2,(H,16,17). The first kappa shape index (κ1) is 12.3. The van der Waals surface area contributed by atoms with Crippen molar-refractivity contribution in [3.63, 3.8) is 0 Å². The summed E-state index contributed by atoms with van der Waals surface area (Å²) in [6.07, 6.45) is 2.27. The third kappa shape index (κ3) is 3.15. The molecule has 2 aromatic rings. The smallest absolute Gasteiger partial charge is 0.269 e. The third-order valence-corrected chi connectivity index (χ3v) is 3.29. The number of rotatable bonds is 4. The Balaban J connectivity index is 1.89. The molecule has 5 heteroatoms. The quantitative estimate of drug-likeness (QED) is 0.910. The molecule has 0 saturated carbocycles. The van der Waals surface area contributed by atoms with Crippen molar-refractivity contribution in [1.82, 2.24) is 10.3 Å². The van der Waals surface area contributed by atoms with Crippen LogP contribution in [0.4, 0.5) is 0 Å². The number of carbonyl (C=O) groups is 1. The van der Waals surface area contributed by atoms with Crippen LogP contribution in [0.1, 0.15) is 20.9 Å². The Morgan fingerprint density at radius 3 is 3.11 bits per heavy atom. The molecule has 0 aliphatic heterocycles. The monoisotopic (exact) mass is 257 g/mol. The first-order valence-electron chi connectivity index (χ1n) is 5.46. The fourth-order valence-corrected chi connectivity index (χ4v) is 2.18. The van der Waals surface area contributed by atoms with E-state index in [0.717, 1.165) is 6.42 Å². The van der Waals surface area contributed by atoms with E-state index in [9.17, 15) is 4.79 Å². The number of amides is 1. The zero-order chi connectivity index (χ0) is 12.8. The zero-order valence-electron chi connectivity index (χ0n) is 9.59. The minimum absolute atomic E-state index is 0.247. The predicted octanol–water partition coefficient (Wildman–Crippen LogP) is 1.99. The summed E-state index contributed by atoms with van der Waals surface area (Å²) in [5.74, 6) is -0.247. The molecule has 2 rings (SSSR count). The number of pyridine rings is 1. The SMILES string of the molecule is N#Cc1ccnc(C(=O)NCCc2cccs2)c1. The number of nitrogens with zero attached hydrogens (tertiary/aromatic N) is 2. The maximum atomic E-state index is 11.8. The van der Waals surface area contributed by atoms with Gasteiger partial charge in [-0.2, -0.15) is 5.26 Å². The van der Waals surface area contributed by atoms with Crippen LogP contribution >= 0.6 is 11.3 Å². The van der Waals surface area contributed by atoms with Crippen LogP contribution in [-0.4, -0.2) is 17.4 Å². The van der Waals surface area contributed by atoms with Gasteiger partial charge in [-0.15, -0.1) is 11.3 Å². The molecule has 18 heavy (non-hydrogen) atoms. The summed E-state index contributed by atoms with van der Waals surface area (Å²) in [5.41, 5.74) is 0.716. The van der Waals surface area contributed by atoms with Gasteiger partial charge in [0.05, 0.1) is 11.6 Å². The van der Waals surface area contributed by atoms with Gasteiger partial charge in [0.15, 0.2) is 0 Å². The number of thiophene rings is 1. The van der Waals surface area contributed by atoms with Crippen molar-refractivity contribution in [3.05, 3.63) is 52.0 Å². The van der Waals surface area contributed by atoms with Crippen molar-refractivity contribution in [2.24, 2.45) is 0 Å². The summed E-state index contributed by atoms with van der Waals surface area (Å²) in [6, 6.07) is 9.06. The molecule has 1 amide bonds. The predicted molar refractivity (Wildman–Crippen MR) is 69.3 cm³/mol. The molecule has 2 heterocycles. The fourth-order valence-electron chi connectivity index (χ4n) is 1.47. The second-order valence-corrected chi connectivity index (χ2v) is 4.66. The number of nitriles is 1. The molecule has 0 radical (unpaired) electrons. The Morgan fingerprint density at radius 1 is 1.50 bits per heavy atom. The average molecular weight is 257 g/mol. The molecule has 0 saturated heterocycles. The van der Waals surface area contributed by atoms with Crippen molar-refractivity contribution >= 4 is 17.2 Å². The molecule has 0 spiro atoms. The molecule has 2 aromatic heterocycles. The summed E-state index contributed by atoms with van der Waals surface area (Å²) >= 11 is 1.67. The highest BCUT2D eigenvalue weighted by molar-refractivity contribution is 7.09. The molecule has 0 atom stereocenters. The van der Waals surface area contributed by atoms with Gasteiger partial charge in [0, 0.05) is 17.6 Å². The van der Waals surface area contributed by atoms with Gasteiger partial charge in [-0.25, -0.2) is 0 Å². The summed E-state index contributed by atoms with van der Waals surface area (Å²) in [6.45, 7) is 0.567. The Morgan fingerprint density at radius 2 is 2.39 bits per heavy atom. The summed E-state index contributed by atoms with van der Waals surface area (Å²) in [4.78, 5) is 16.9. The van der Waals surface area contributed by atoms with Crippen LogP contribution in [0.2, 0.25) is 0 Å². The summed E-state index contributed by atoms with van der Waals surface area (Å²) < 4.78 is 0. The molecule has 0 aliphatic carbocycles. The van der Waals surface area contributed by atoms with Crippen molar-refractivity contribution in [2.45, 2.75) is 6.42 Å². The van der Waals surface area contributed by atoms with Gasteiger partial charge in [0.2, 0.25) is 0 Å². The highest BCUT2D eigenvalue weighted by Crippen LogP contribution is 2.08. The zero-order valence-corrected chi connectivity index (χ0v) is 10.4. The molecule has 0 unspecified atom stereocenters. The van der Waals surface area contributed by atoms with E-state index < -0.39 is 0 Å². The molecule has 0 fully saturated rings. The van der Waals surface area contributed by atoms with Crippen LogP contribution in [0.25, 0.3) is 0 Å². The lowest BCUT2D eigenvalue weighted by Crippen LogP contribution is -2.26. The lowest BCUT2D eigenvalue weighted by atomic mass is 10.2. The van der Waals surface area contributed by atoms with E-state index in [0.29, 0.717) is 12.1 Å². The largest absolute Gasteiger partial charge is 0.350 e. The van der Waals surface area contributed by atoms with Gasteiger partial charge in [-0.3, -0.25) is 9.78 Å². The van der Waals surface area contributed by atoms with E-state index in [1.54, 1.807) is 17.4 Å². The van der Waals surface area contributed by atoms with Crippen molar-refractivity contribution in [2.75, 3.05) is 6.54 Å². The topological polar surface area (TPSA) is 65.8 Å². The molecule has 1 N–H and O–H groups in total. The van der Waals surface area contributed by atoms with Crippen LogP contribution in [0.3, 0.4) is 0 Å². The number of hydrogen-bond donors (Lipinski definition) is 1. The summed E-state index contributed by atoms with van der Waals surface area (Å²) in [7, 11) is 0. The van der Waals surface area contributed by atoms with E-state index in [1.165, 1.54) is 17.1 Å². The van der Waals surface area contributed by atoms with Gasteiger partial charge < -0.3 is 5.32 Å². The average Bonchev–Trinajstić information content (AvgIpc) is 2.92. The van der Waals surface area contributed by atoms with Crippen LogP contribution in [-0.2, 0) is 6.42 Å². The first-order chi connectivity index (χ1) is 8.79. The number of carbonyl (C=O) groups excluding carboxylic acids is 1. The van der Waals surface area contributed by atoms with E-state index in [2.05, 4.69) is 10.3 Å². The van der Waals surface area contributed by atoms with E-state index >= 15 is 0 Å². The number of nitrogens with one attached hydrogen (secondary N) is 1.